The largest absolute Gasteiger partial charge is 0.291 e. The zero-order valence-electron chi connectivity index (χ0n) is 4.20. The summed E-state index contributed by atoms with van der Waals surface area (Å²) in [5, 5.41) is 8.26. The number of nitrogens with zero attached hydrogens (tertiary/aromatic N) is 1. The van der Waals surface area contributed by atoms with Crippen LogP contribution in [0.15, 0.2) is 24.5 Å². The molecule has 1 aromatic heterocycles. The molecule has 0 bridgehead atoms. The van der Waals surface area contributed by atoms with Crippen LogP contribution in [0.1, 0.15) is 1.43 Å². The summed E-state index contributed by atoms with van der Waals surface area (Å²) in [6.45, 7) is 0. The predicted molar refractivity (Wildman–Crippen MR) is 31.8 cm³/mol. The van der Waals surface area contributed by atoms with Crippen molar-refractivity contribution < 1.29 is 6.63 Å². The average molecular weight is 112 g/mol. The minimum atomic E-state index is 0. The minimum Gasteiger partial charge on any atom is -0.291 e. The molecule has 1 rings (SSSR count). The quantitative estimate of drug-likeness (QED) is 0.535. The lowest BCUT2D eigenvalue weighted by molar-refractivity contribution is 0.389. The fraction of sp³-hybridized carbons (Fsp3) is 0. The van der Waals surface area contributed by atoms with Gasteiger partial charge in [0.1, 0.15) is 0 Å². The fourth-order valence-electron chi connectivity index (χ4n) is 0.426. The summed E-state index contributed by atoms with van der Waals surface area (Å²) in [5.41, 5.74) is 2.64. The lowest BCUT2D eigenvalue weighted by Crippen LogP contribution is -1.86. The maximum absolute atomic E-state index is 8.26. The number of aromatic nitrogens is 1. The highest BCUT2D eigenvalue weighted by atomic mass is 16.5. The second-order valence-electron chi connectivity index (χ2n) is 1.35. The number of nitrogens with one attached hydrogen (secondary N) is 1. The molecule has 3 heteroatoms. The zero-order chi connectivity index (χ0) is 5.82. The van der Waals surface area contributed by atoms with E-state index in [4.69, 9.17) is 5.21 Å². The van der Waals surface area contributed by atoms with Gasteiger partial charge in [0.05, 0.1) is 5.69 Å². The molecule has 0 aliphatic carbocycles. The van der Waals surface area contributed by atoms with Gasteiger partial charge in [0.2, 0.25) is 0 Å². The lowest BCUT2D eigenvalue weighted by atomic mass is 10.4. The molecule has 8 heavy (non-hydrogen) atoms. The Morgan fingerprint density at radius 2 is 2.12 bits per heavy atom. The highest BCUT2D eigenvalue weighted by Crippen LogP contribution is 1.99. The van der Waals surface area contributed by atoms with Gasteiger partial charge in [-0.15, -0.1) is 0 Å². The minimum absolute atomic E-state index is 0. The normalized spacial score (nSPS) is 8.62. The first-order valence-corrected chi connectivity index (χ1v) is 2.23. The van der Waals surface area contributed by atoms with Crippen LogP contribution in [0, 0.1) is 0 Å². The van der Waals surface area contributed by atoms with Crippen LogP contribution in [0.2, 0.25) is 0 Å². The van der Waals surface area contributed by atoms with Gasteiger partial charge < -0.3 is 0 Å². The van der Waals surface area contributed by atoms with E-state index in [1.807, 2.05) is 5.48 Å². The van der Waals surface area contributed by atoms with Crippen molar-refractivity contribution in [3.63, 3.8) is 0 Å². The standard InChI is InChI=1S/C5H6N2O.H2/c8-7-5-1-3-6-4-2-5;/h1-4,8H,(H,6,7);1H. The summed E-state index contributed by atoms with van der Waals surface area (Å²) in [6, 6.07) is 3.33. The third kappa shape index (κ3) is 0.946. The van der Waals surface area contributed by atoms with Crippen LogP contribution in [0.25, 0.3) is 0 Å². The van der Waals surface area contributed by atoms with Crippen LogP contribution >= 0.6 is 0 Å². The van der Waals surface area contributed by atoms with E-state index in [1.54, 1.807) is 24.5 Å². The Hall–Kier alpha value is -1.09. The summed E-state index contributed by atoms with van der Waals surface area (Å²) in [4.78, 5) is 3.74. The average Bonchev–Trinajstić information content (AvgIpc) is 1.90. The SMILES string of the molecule is ONc1ccncc1.[HH]. The van der Waals surface area contributed by atoms with E-state index in [0.29, 0.717) is 5.69 Å². The maximum atomic E-state index is 8.26. The molecule has 0 unspecified atom stereocenters. The van der Waals surface area contributed by atoms with Crippen molar-refractivity contribution in [3.05, 3.63) is 24.5 Å². The fourth-order valence-corrected chi connectivity index (χ4v) is 0.426. The van der Waals surface area contributed by atoms with Gasteiger partial charge in [0, 0.05) is 13.8 Å². The van der Waals surface area contributed by atoms with Crippen LogP contribution in [0.3, 0.4) is 0 Å². The van der Waals surface area contributed by atoms with Crippen molar-refractivity contribution in [1.82, 2.24) is 4.98 Å². The second kappa shape index (κ2) is 2.28. The Kier molecular flexibility index (Phi) is 1.44. The monoisotopic (exact) mass is 112 g/mol. The zero-order valence-corrected chi connectivity index (χ0v) is 4.20. The summed E-state index contributed by atoms with van der Waals surface area (Å²) in [6.07, 6.45) is 3.19. The first-order chi connectivity index (χ1) is 3.93. The van der Waals surface area contributed by atoms with E-state index < -0.39 is 0 Å². The summed E-state index contributed by atoms with van der Waals surface area (Å²) in [5.74, 6) is 0. The van der Waals surface area contributed by atoms with Crippen molar-refractivity contribution in [1.29, 1.82) is 0 Å². The highest BCUT2D eigenvalue weighted by molar-refractivity contribution is 5.37. The molecule has 3 nitrogen and oxygen atoms in total. The molecule has 1 aromatic rings. The van der Waals surface area contributed by atoms with Crippen LogP contribution in [-0.4, -0.2) is 10.2 Å². The van der Waals surface area contributed by atoms with Gasteiger partial charge in [0.15, 0.2) is 0 Å². The summed E-state index contributed by atoms with van der Waals surface area (Å²) < 4.78 is 0. The lowest BCUT2D eigenvalue weighted by Gasteiger charge is -1.92. The molecule has 0 amide bonds. The maximum Gasteiger partial charge on any atom is 0.0632 e. The first-order valence-electron chi connectivity index (χ1n) is 2.23. The molecule has 0 radical (unpaired) electrons. The number of pyridine rings is 1. The summed E-state index contributed by atoms with van der Waals surface area (Å²) in [7, 11) is 0. The third-order valence-electron chi connectivity index (χ3n) is 0.809. The molecular formula is C5H8N2O. The number of anilines is 1. The van der Waals surface area contributed by atoms with Crippen molar-refractivity contribution in [2.75, 3.05) is 5.48 Å². The Bertz CT molecular complexity index is 156. The molecule has 0 spiro atoms. The van der Waals surface area contributed by atoms with E-state index in [1.165, 1.54) is 0 Å². The van der Waals surface area contributed by atoms with Gasteiger partial charge in [-0.1, -0.05) is 0 Å². The van der Waals surface area contributed by atoms with Gasteiger partial charge in [0.25, 0.3) is 0 Å². The second-order valence-corrected chi connectivity index (χ2v) is 1.35. The molecule has 0 atom stereocenters. The van der Waals surface area contributed by atoms with Crippen LogP contribution in [0.4, 0.5) is 5.69 Å². The van der Waals surface area contributed by atoms with Gasteiger partial charge in [-0.2, -0.15) is 0 Å². The van der Waals surface area contributed by atoms with E-state index >= 15 is 0 Å². The number of hydrogen-bond donors (Lipinski definition) is 2. The predicted octanol–water partition coefficient (Wildman–Crippen LogP) is 1.13. The van der Waals surface area contributed by atoms with Crippen molar-refractivity contribution in [2.45, 2.75) is 0 Å². The third-order valence-corrected chi connectivity index (χ3v) is 0.809. The van der Waals surface area contributed by atoms with Crippen molar-refractivity contribution in [2.24, 2.45) is 0 Å². The van der Waals surface area contributed by atoms with Gasteiger partial charge in [-0.25, -0.2) is 0 Å². The molecule has 44 valence electrons. The Balaban J connectivity index is 0.000000640. The first kappa shape index (κ1) is 5.05. The van der Waals surface area contributed by atoms with E-state index in [9.17, 15) is 0 Å². The van der Waals surface area contributed by atoms with E-state index in [2.05, 4.69) is 4.98 Å². The smallest absolute Gasteiger partial charge is 0.0632 e. The van der Waals surface area contributed by atoms with E-state index in [0.717, 1.165) is 0 Å². The van der Waals surface area contributed by atoms with E-state index in [-0.39, 0.29) is 1.43 Å². The molecule has 0 saturated carbocycles. The van der Waals surface area contributed by atoms with Gasteiger partial charge in [-0.3, -0.25) is 15.7 Å². The Morgan fingerprint density at radius 1 is 1.50 bits per heavy atom. The number of hydrogen-bond acceptors (Lipinski definition) is 3. The molecule has 0 aromatic carbocycles. The Labute approximate surface area is 48.4 Å². The molecular weight excluding hydrogens is 104 g/mol. The van der Waals surface area contributed by atoms with Crippen molar-refractivity contribution >= 4 is 5.69 Å². The van der Waals surface area contributed by atoms with Crippen LogP contribution < -0.4 is 5.48 Å². The van der Waals surface area contributed by atoms with Gasteiger partial charge in [-0.05, 0) is 12.1 Å². The van der Waals surface area contributed by atoms with Crippen molar-refractivity contribution in [3.8, 4) is 0 Å². The molecule has 0 saturated heterocycles. The molecule has 0 aliphatic heterocycles. The molecule has 2 N–H and O–H groups in total. The molecule has 1 heterocycles. The van der Waals surface area contributed by atoms with Crippen LogP contribution in [0.5, 0.6) is 0 Å². The molecule has 0 fully saturated rings. The number of rotatable bonds is 1. The summed E-state index contributed by atoms with van der Waals surface area (Å²) >= 11 is 0. The topological polar surface area (TPSA) is 45.1 Å². The van der Waals surface area contributed by atoms with Gasteiger partial charge >= 0.3 is 0 Å². The highest BCUT2D eigenvalue weighted by Gasteiger charge is 1.80. The van der Waals surface area contributed by atoms with Crippen LogP contribution in [-0.2, 0) is 0 Å². The molecule has 0 aliphatic rings. The Morgan fingerprint density at radius 3 is 2.50 bits per heavy atom.